The highest BCUT2D eigenvalue weighted by molar-refractivity contribution is 5.95. The number of methoxy groups -OCH3 is 4. The Hall–Kier alpha value is -2.93. The van der Waals surface area contributed by atoms with Crippen molar-refractivity contribution >= 4 is 5.91 Å². The number of rotatable bonds is 7. The largest absolute Gasteiger partial charge is 0.497 e. The zero-order valence-corrected chi connectivity index (χ0v) is 16.5. The quantitative estimate of drug-likeness (QED) is 0.758. The first-order valence-electron chi connectivity index (χ1n) is 8.93. The third-order valence-corrected chi connectivity index (χ3v) is 5.07. The average molecular weight is 387 g/mol. The van der Waals surface area contributed by atoms with Crippen LogP contribution in [-0.4, -0.2) is 46.0 Å². The molecule has 1 unspecified atom stereocenters. The fraction of sp³-hybridized carbons (Fsp3) is 0.381. The van der Waals surface area contributed by atoms with E-state index in [0.717, 1.165) is 11.1 Å². The lowest BCUT2D eigenvalue weighted by atomic mass is 9.95. The Kier molecular flexibility index (Phi) is 5.65. The van der Waals surface area contributed by atoms with Gasteiger partial charge in [0.1, 0.15) is 17.1 Å². The maximum Gasteiger partial charge on any atom is 0.251 e. The first-order chi connectivity index (χ1) is 13.4. The van der Waals surface area contributed by atoms with Crippen LogP contribution >= 0.6 is 0 Å². The molecular weight excluding hydrogens is 362 g/mol. The molecule has 0 saturated carbocycles. The van der Waals surface area contributed by atoms with Crippen molar-refractivity contribution in [3.05, 3.63) is 47.0 Å². The summed E-state index contributed by atoms with van der Waals surface area (Å²) in [5, 5.41) is 14.0. The number of aryl methyl sites for hydroxylation is 1. The molecule has 28 heavy (non-hydrogen) atoms. The normalized spacial score (nSPS) is 17.6. The molecule has 0 fully saturated rings. The molecule has 0 radical (unpaired) electrons. The molecule has 3 rings (SSSR count). The number of benzene rings is 2. The van der Waals surface area contributed by atoms with Gasteiger partial charge < -0.3 is 29.4 Å². The molecule has 0 aliphatic heterocycles. The van der Waals surface area contributed by atoms with E-state index in [1.54, 1.807) is 38.5 Å². The van der Waals surface area contributed by atoms with Gasteiger partial charge in [0.25, 0.3) is 5.91 Å². The molecular formula is C21H25NO6. The van der Waals surface area contributed by atoms with Crippen molar-refractivity contribution in [1.82, 2.24) is 5.32 Å². The predicted octanol–water partition coefficient (Wildman–Crippen LogP) is 2.28. The maximum absolute atomic E-state index is 12.6. The van der Waals surface area contributed by atoms with Crippen molar-refractivity contribution in [1.29, 1.82) is 0 Å². The standard InChI is InChI=1S/C21H25NO6/c1-25-15-7-14(8-16(10-15)26-2)20(23)22-12-21(24)6-5-13-9-18(27-3)19(28-4)11-17(13)21/h7-11,24H,5-6,12H2,1-4H3,(H,22,23). The molecule has 2 aromatic carbocycles. The lowest BCUT2D eigenvalue weighted by Crippen LogP contribution is -2.39. The van der Waals surface area contributed by atoms with Crippen LogP contribution in [0.3, 0.4) is 0 Å². The molecule has 7 heteroatoms. The number of hydrogen-bond acceptors (Lipinski definition) is 6. The van der Waals surface area contributed by atoms with Crippen LogP contribution in [0.1, 0.15) is 27.9 Å². The Bertz CT molecular complexity index is 859. The minimum atomic E-state index is -1.17. The number of ether oxygens (including phenoxy) is 4. The molecule has 0 saturated heterocycles. The predicted molar refractivity (Wildman–Crippen MR) is 104 cm³/mol. The van der Waals surface area contributed by atoms with Crippen molar-refractivity contribution in [3.8, 4) is 23.0 Å². The summed E-state index contributed by atoms with van der Waals surface area (Å²) >= 11 is 0. The average Bonchev–Trinajstić information content (AvgIpc) is 3.06. The summed E-state index contributed by atoms with van der Waals surface area (Å²) in [7, 11) is 6.18. The van der Waals surface area contributed by atoms with Crippen molar-refractivity contribution in [2.24, 2.45) is 0 Å². The van der Waals surface area contributed by atoms with E-state index < -0.39 is 5.60 Å². The zero-order chi connectivity index (χ0) is 20.3. The first-order valence-corrected chi connectivity index (χ1v) is 8.93. The van der Waals surface area contributed by atoms with Gasteiger partial charge in [-0.25, -0.2) is 0 Å². The number of amides is 1. The third-order valence-electron chi connectivity index (χ3n) is 5.07. The van der Waals surface area contributed by atoms with Crippen LogP contribution in [0.4, 0.5) is 0 Å². The van der Waals surface area contributed by atoms with Crippen molar-refractivity contribution < 1.29 is 28.8 Å². The van der Waals surface area contributed by atoms with E-state index in [1.165, 1.54) is 14.2 Å². The van der Waals surface area contributed by atoms with Gasteiger partial charge in [-0.1, -0.05) is 0 Å². The molecule has 1 atom stereocenters. The van der Waals surface area contributed by atoms with Gasteiger partial charge in [-0.2, -0.15) is 0 Å². The van der Waals surface area contributed by atoms with Gasteiger partial charge >= 0.3 is 0 Å². The smallest absolute Gasteiger partial charge is 0.251 e. The summed E-state index contributed by atoms with van der Waals surface area (Å²) in [6.07, 6.45) is 1.19. The topological polar surface area (TPSA) is 86.3 Å². The molecule has 0 heterocycles. The Morgan fingerprint density at radius 2 is 1.57 bits per heavy atom. The Morgan fingerprint density at radius 3 is 2.14 bits per heavy atom. The maximum atomic E-state index is 12.6. The number of carbonyl (C=O) groups is 1. The molecule has 7 nitrogen and oxygen atoms in total. The second kappa shape index (κ2) is 7.98. The SMILES string of the molecule is COc1cc(OC)cc(C(=O)NCC2(O)CCc3cc(OC)c(OC)cc32)c1. The minimum Gasteiger partial charge on any atom is -0.497 e. The van der Waals surface area contributed by atoms with Crippen LogP contribution < -0.4 is 24.3 Å². The van der Waals surface area contributed by atoms with Crippen LogP contribution in [0.5, 0.6) is 23.0 Å². The highest BCUT2D eigenvalue weighted by Crippen LogP contribution is 2.42. The molecule has 1 aliphatic carbocycles. The number of carbonyl (C=O) groups excluding carboxylic acids is 1. The van der Waals surface area contributed by atoms with Crippen molar-refractivity contribution in [3.63, 3.8) is 0 Å². The first kappa shape index (κ1) is 19.8. The van der Waals surface area contributed by atoms with Crippen LogP contribution in [0, 0.1) is 0 Å². The number of aliphatic hydroxyl groups is 1. The fourth-order valence-corrected chi connectivity index (χ4v) is 3.49. The highest BCUT2D eigenvalue weighted by Gasteiger charge is 2.38. The molecule has 2 N–H and O–H groups in total. The minimum absolute atomic E-state index is 0.0772. The van der Waals surface area contributed by atoms with Gasteiger partial charge in [0.15, 0.2) is 11.5 Å². The molecule has 150 valence electrons. The second-order valence-corrected chi connectivity index (χ2v) is 6.68. The summed E-state index contributed by atoms with van der Waals surface area (Å²) in [4.78, 5) is 12.6. The molecule has 1 amide bonds. The third kappa shape index (κ3) is 3.71. The van der Waals surface area contributed by atoms with E-state index in [-0.39, 0.29) is 12.5 Å². The second-order valence-electron chi connectivity index (χ2n) is 6.68. The highest BCUT2D eigenvalue weighted by atomic mass is 16.5. The van der Waals surface area contributed by atoms with E-state index in [0.29, 0.717) is 41.4 Å². The van der Waals surface area contributed by atoms with Crippen LogP contribution in [-0.2, 0) is 12.0 Å². The lowest BCUT2D eigenvalue weighted by molar-refractivity contribution is 0.0368. The van der Waals surface area contributed by atoms with Gasteiger partial charge in [-0.05, 0) is 48.2 Å². The van der Waals surface area contributed by atoms with Gasteiger partial charge in [0.05, 0.1) is 35.0 Å². The Balaban J connectivity index is 1.80. The summed E-state index contributed by atoms with van der Waals surface area (Å²) < 4.78 is 21.1. The number of fused-ring (bicyclic) bond motifs is 1. The lowest BCUT2D eigenvalue weighted by Gasteiger charge is -2.25. The van der Waals surface area contributed by atoms with Crippen LogP contribution in [0.2, 0.25) is 0 Å². The van der Waals surface area contributed by atoms with Gasteiger partial charge in [-0.15, -0.1) is 0 Å². The van der Waals surface area contributed by atoms with E-state index >= 15 is 0 Å². The summed E-state index contributed by atoms with van der Waals surface area (Å²) in [6, 6.07) is 8.59. The zero-order valence-electron chi connectivity index (χ0n) is 16.5. The molecule has 2 aromatic rings. The van der Waals surface area contributed by atoms with Crippen LogP contribution in [0.15, 0.2) is 30.3 Å². The summed E-state index contributed by atoms with van der Waals surface area (Å²) in [5.74, 6) is 1.89. The summed E-state index contributed by atoms with van der Waals surface area (Å²) in [6.45, 7) is 0.0772. The van der Waals surface area contributed by atoms with Crippen molar-refractivity contribution in [2.45, 2.75) is 18.4 Å². The van der Waals surface area contributed by atoms with Crippen molar-refractivity contribution in [2.75, 3.05) is 35.0 Å². The van der Waals surface area contributed by atoms with Gasteiger partial charge in [0.2, 0.25) is 0 Å². The number of nitrogens with one attached hydrogen (secondary N) is 1. The molecule has 0 bridgehead atoms. The van der Waals surface area contributed by atoms with Crippen LogP contribution in [0.25, 0.3) is 0 Å². The van der Waals surface area contributed by atoms with E-state index in [1.807, 2.05) is 6.07 Å². The monoisotopic (exact) mass is 387 g/mol. The Morgan fingerprint density at radius 1 is 0.964 bits per heavy atom. The number of hydrogen-bond donors (Lipinski definition) is 2. The summed E-state index contributed by atoms with van der Waals surface area (Å²) in [5.41, 5.74) is 0.949. The molecule has 0 spiro atoms. The van der Waals surface area contributed by atoms with E-state index in [9.17, 15) is 9.90 Å². The van der Waals surface area contributed by atoms with E-state index in [2.05, 4.69) is 5.32 Å². The molecule has 0 aromatic heterocycles. The van der Waals surface area contributed by atoms with Gasteiger partial charge in [0, 0.05) is 11.6 Å². The van der Waals surface area contributed by atoms with Gasteiger partial charge in [-0.3, -0.25) is 4.79 Å². The fourth-order valence-electron chi connectivity index (χ4n) is 3.49. The van der Waals surface area contributed by atoms with E-state index in [4.69, 9.17) is 18.9 Å². The molecule has 1 aliphatic rings. The Labute approximate surface area is 164 Å².